The van der Waals surface area contributed by atoms with Gasteiger partial charge >= 0.3 is 19.5 Å². The van der Waals surface area contributed by atoms with Crippen molar-refractivity contribution in [2.45, 2.75) is 26.2 Å². The molecule has 0 radical (unpaired) electrons. The SMILES string of the molecule is [Zn+2].c1ccc(CNCc2ccccn2)nc1.c1ccc(CNCc2ccccn2)nc1. The number of nitrogens with zero attached hydrogens (tertiary/aromatic N) is 4. The fraction of sp³-hybridized carbons (Fsp3) is 0.167. The molecule has 0 aromatic carbocycles. The minimum absolute atomic E-state index is 0. The Hall–Kier alpha value is -2.86. The van der Waals surface area contributed by atoms with E-state index < -0.39 is 0 Å². The molecular formula is C24H26N6Zn+2. The second-order valence-corrected chi connectivity index (χ2v) is 6.49. The van der Waals surface area contributed by atoms with Gasteiger partial charge in [0.2, 0.25) is 0 Å². The summed E-state index contributed by atoms with van der Waals surface area (Å²) in [4.78, 5) is 16.9. The topological polar surface area (TPSA) is 75.6 Å². The fourth-order valence-corrected chi connectivity index (χ4v) is 2.65. The molecule has 4 rings (SSSR count). The van der Waals surface area contributed by atoms with Crippen LogP contribution in [-0.2, 0) is 45.7 Å². The molecule has 0 aliphatic heterocycles. The number of hydrogen-bond donors (Lipinski definition) is 2. The van der Waals surface area contributed by atoms with Crippen LogP contribution in [0.2, 0.25) is 0 Å². The normalized spacial score (nSPS) is 9.81. The number of nitrogens with one attached hydrogen (secondary N) is 2. The molecule has 2 N–H and O–H groups in total. The van der Waals surface area contributed by atoms with Gasteiger partial charge in [0.15, 0.2) is 0 Å². The van der Waals surface area contributed by atoms with E-state index >= 15 is 0 Å². The summed E-state index contributed by atoms with van der Waals surface area (Å²) in [7, 11) is 0. The van der Waals surface area contributed by atoms with Crippen molar-refractivity contribution in [1.29, 1.82) is 0 Å². The van der Waals surface area contributed by atoms with Crippen molar-refractivity contribution in [3.63, 3.8) is 0 Å². The van der Waals surface area contributed by atoms with Crippen LogP contribution in [0, 0.1) is 0 Å². The summed E-state index contributed by atoms with van der Waals surface area (Å²) in [6, 6.07) is 23.7. The van der Waals surface area contributed by atoms with Gasteiger partial charge in [-0.05, 0) is 48.5 Å². The average molecular weight is 464 g/mol. The van der Waals surface area contributed by atoms with Gasteiger partial charge in [-0.15, -0.1) is 0 Å². The van der Waals surface area contributed by atoms with E-state index in [-0.39, 0.29) is 19.5 Å². The third-order valence-corrected chi connectivity index (χ3v) is 4.13. The molecule has 0 atom stereocenters. The monoisotopic (exact) mass is 462 g/mol. The maximum absolute atomic E-state index is 4.23. The van der Waals surface area contributed by atoms with E-state index in [2.05, 4.69) is 30.6 Å². The first-order chi connectivity index (χ1) is 14.9. The van der Waals surface area contributed by atoms with Crippen molar-refractivity contribution in [1.82, 2.24) is 30.6 Å². The molecule has 31 heavy (non-hydrogen) atoms. The summed E-state index contributed by atoms with van der Waals surface area (Å²) < 4.78 is 0. The Kier molecular flexibility index (Phi) is 11.8. The van der Waals surface area contributed by atoms with Crippen LogP contribution in [0.1, 0.15) is 22.8 Å². The smallest absolute Gasteiger partial charge is 0.306 e. The Bertz CT molecular complexity index is 781. The second kappa shape index (κ2) is 15.0. The summed E-state index contributed by atoms with van der Waals surface area (Å²) in [6.07, 6.45) is 7.21. The number of pyridine rings is 4. The van der Waals surface area contributed by atoms with Crippen LogP contribution in [-0.4, -0.2) is 19.9 Å². The number of hydrogen-bond acceptors (Lipinski definition) is 6. The van der Waals surface area contributed by atoms with Crippen LogP contribution in [0.25, 0.3) is 0 Å². The molecule has 0 bridgehead atoms. The Morgan fingerprint density at radius 1 is 0.419 bits per heavy atom. The molecule has 0 aliphatic carbocycles. The van der Waals surface area contributed by atoms with Crippen molar-refractivity contribution >= 4 is 0 Å². The molecule has 4 aromatic heterocycles. The van der Waals surface area contributed by atoms with Crippen LogP contribution in [0.5, 0.6) is 0 Å². The third kappa shape index (κ3) is 10.1. The number of aromatic nitrogens is 4. The zero-order valence-corrected chi connectivity index (χ0v) is 20.5. The van der Waals surface area contributed by atoms with Gasteiger partial charge in [-0.1, -0.05) is 24.3 Å². The molecule has 0 aliphatic rings. The van der Waals surface area contributed by atoms with E-state index in [0.29, 0.717) is 0 Å². The van der Waals surface area contributed by atoms with Gasteiger partial charge in [0.25, 0.3) is 0 Å². The first-order valence-electron chi connectivity index (χ1n) is 9.91. The second-order valence-electron chi connectivity index (χ2n) is 6.49. The molecule has 4 aromatic rings. The van der Waals surface area contributed by atoms with Crippen LogP contribution in [0.4, 0.5) is 0 Å². The van der Waals surface area contributed by atoms with E-state index in [0.717, 1.165) is 49.0 Å². The van der Waals surface area contributed by atoms with Crippen molar-refractivity contribution in [2.24, 2.45) is 0 Å². The Morgan fingerprint density at radius 2 is 0.677 bits per heavy atom. The van der Waals surface area contributed by atoms with E-state index in [1.54, 1.807) is 24.8 Å². The minimum atomic E-state index is 0. The van der Waals surface area contributed by atoms with E-state index in [1.165, 1.54) is 0 Å². The minimum Gasteiger partial charge on any atom is -0.306 e. The predicted molar refractivity (Wildman–Crippen MR) is 118 cm³/mol. The van der Waals surface area contributed by atoms with Gasteiger partial charge in [0.05, 0.1) is 22.8 Å². The molecule has 0 spiro atoms. The van der Waals surface area contributed by atoms with Gasteiger partial charge in [0, 0.05) is 51.0 Å². The fourth-order valence-electron chi connectivity index (χ4n) is 2.65. The molecule has 0 unspecified atom stereocenters. The zero-order valence-electron chi connectivity index (χ0n) is 17.6. The largest absolute Gasteiger partial charge is 2.00 e. The molecule has 152 valence electrons. The van der Waals surface area contributed by atoms with E-state index in [1.807, 2.05) is 72.8 Å². The summed E-state index contributed by atoms with van der Waals surface area (Å²) in [5.74, 6) is 0. The van der Waals surface area contributed by atoms with Gasteiger partial charge < -0.3 is 10.6 Å². The van der Waals surface area contributed by atoms with Crippen molar-refractivity contribution in [2.75, 3.05) is 0 Å². The first-order valence-corrected chi connectivity index (χ1v) is 9.91. The van der Waals surface area contributed by atoms with Gasteiger partial charge in [0.1, 0.15) is 0 Å². The number of rotatable bonds is 8. The maximum Gasteiger partial charge on any atom is 2.00 e. The maximum atomic E-state index is 4.23. The molecule has 0 saturated heterocycles. The molecule has 0 amide bonds. The van der Waals surface area contributed by atoms with Crippen LogP contribution in [0.3, 0.4) is 0 Å². The molecule has 6 nitrogen and oxygen atoms in total. The standard InChI is InChI=1S/2C12H13N3.Zn/c2*1-3-7-14-11(5-1)9-13-10-12-6-2-4-8-15-12;/h2*1-8,13H,9-10H2;/q;;+2. The third-order valence-electron chi connectivity index (χ3n) is 4.13. The van der Waals surface area contributed by atoms with Gasteiger partial charge in [-0.25, -0.2) is 0 Å². The van der Waals surface area contributed by atoms with Crippen LogP contribution >= 0.6 is 0 Å². The van der Waals surface area contributed by atoms with Crippen LogP contribution < -0.4 is 10.6 Å². The average Bonchev–Trinajstić information content (AvgIpc) is 2.82. The Balaban J connectivity index is 0.000000213. The molecule has 0 fully saturated rings. The summed E-state index contributed by atoms with van der Waals surface area (Å²) in [5, 5.41) is 6.59. The van der Waals surface area contributed by atoms with Gasteiger partial charge in [-0.3, -0.25) is 19.9 Å². The zero-order chi connectivity index (χ0) is 20.7. The molecule has 4 heterocycles. The quantitative estimate of drug-likeness (QED) is 0.389. The molecule has 7 heteroatoms. The van der Waals surface area contributed by atoms with Crippen molar-refractivity contribution in [3.05, 3.63) is 120 Å². The van der Waals surface area contributed by atoms with E-state index in [4.69, 9.17) is 0 Å². The Labute approximate surface area is 196 Å². The first kappa shape index (κ1) is 24.4. The summed E-state index contributed by atoms with van der Waals surface area (Å²) in [6.45, 7) is 3.10. The summed E-state index contributed by atoms with van der Waals surface area (Å²) in [5.41, 5.74) is 4.20. The Morgan fingerprint density at radius 3 is 0.871 bits per heavy atom. The van der Waals surface area contributed by atoms with E-state index in [9.17, 15) is 0 Å². The summed E-state index contributed by atoms with van der Waals surface area (Å²) >= 11 is 0. The molecule has 0 saturated carbocycles. The van der Waals surface area contributed by atoms with Crippen molar-refractivity contribution in [3.8, 4) is 0 Å². The predicted octanol–water partition coefficient (Wildman–Crippen LogP) is 3.53. The van der Waals surface area contributed by atoms with Gasteiger partial charge in [-0.2, -0.15) is 0 Å². The van der Waals surface area contributed by atoms with Crippen LogP contribution in [0.15, 0.2) is 97.6 Å². The molecular weight excluding hydrogens is 438 g/mol. The van der Waals surface area contributed by atoms with Crippen molar-refractivity contribution < 1.29 is 19.5 Å².